The number of ether oxygens (including phenoxy) is 1. The van der Waals surface area contributed by atoms with Gasteiger partial charge >= 0.3 is 0 Å². The third-order valence-corrected chi connectivity index (χ3v) is 4.84. The molecule has 27 heavy (non-hydrogen) atoms. The van der Waals surface area contributed by atoms with E-state index in [-0.39, 0.29) is 5.91 Å². The van der Waals surface area contributed by atoms with Crippen LogP contribution >= 0.6 is 0 Å². The summed E-state index contributed by atoms with van der Waals surface area (Å²) in [6, 6.07) is 9.58. The van der Waals surface area contributed by atoms with Crippen LogP contribution in [0.4, 0.5) is 0 Å². The third kappa shape index (κ3) is 4.15. The second-order valence-corrected chi connectivity index (χ2v) is 6.66. The van der Waals surface area contributed by atoms with Gasteiger partial charge < -0.3 is 10.1 Å². The highest BCUT2D eigenvalue weighted by Gasteiger charge is 2.14. The molecule has 1 aromatic carbocycles. The summed E-state index contributed by atoms with van der Waals surface area (Å²) >= 11 is 0. The van der Waals surface area contributed by atoms with Crippen molar-refractivity contribution in [2.75, 3.05) is 39.4 Å². The minimum atomic E-state index is -0.0494. The number of rotatable bonds is 6. The highest BCUT2D eigenvalue weighted by molar-refractivity contribution is 5.96. The first-order valence-corrected chi connectivity index (χ1v) is 9.34. The summed E-state index contributed by atoms with van der Waals surface area (Å²) in [4.78, 5) is 25.6. The molecule has 3 heterocycles. The Bertz CT molecular complexity index is 917. The van der Waals surface area contributed by atoms with E-state index < -0.39 is 0 Å². The Morgan fingerprint density at radius 3 is 3.07 bits per heavy atom. The number of amides is 1. The summed E-state index contributed by atoms with van der Waals surface area (Å²) < 4.78 is 5.35. The molecule has 0 aliphatic carbocycles. The minimum absolute atomic E-state index is 0.0494. The number of aromatic amines is 2. The maximum atomic E-state index is 12.5. The van der Waals surface area contributed by atoms with E-state index in [1.807, 2.05) is 36.5 Å². The number of hydrogen-bond acceptors (Lipinski definition) is 4. The molecule has 0 saturated carbocycles. The van der Waals surface area contributed by atoms with Gasteiger partial charge in [-0.3, -0.25) is 14.7 Å². The topological polar surface area (TPSA) is 84.4 Å². The van der Waals surface area contributed by atoms with E-state index >= 15 is 0 Å². The quantitative estimate of drug-likeness (QED) is 0.648. The predicted octanol–water partition coefficient (Wildman–Crippen LogP) is 1.50. The van der Waals surface area contributed by atoms with E-state index in [2.05, 4.69) is 25.2 Å². The maximum Gasteiger partial charge on any atom is 0.251 e. The molecule has 7 nitrogen and oxygen atoms in total. The molecule has 0 unspecified atom stereocenters. The Morgan fingerprint density at radius 1 is 1.30 bits per heavy atom. The van der Waals surface area contributed by atoms with Gasteiger partial charge in [0.1, 0.15) is 0 Å². The Labute approximate surface area is 157 Å². The van der Waals surface area contributed by atoms with Crippen molar-refractivity contribution < 1.29 is 14.5 Å². The van der Waals surface area contributed by atoms with Gasteiger partial charge in [-0.05, 0) is 31.2 Å². The predicted molar refractivity (Wildman–Crippen MR) is 102 cm³/mol. The van der Waals surface area contributed by atoms with Gasteiger partial charge in [0.2, 0.25) is 12.0 Å². The normalized spacial score (nSPS) is 15.1. The van der Waals surface area contributed by atoms with Gasteiger partial charge in [-0.25, -0.2) is 4.98 Å². The molecule has 0 radical (unpaired) electrons. The molecule has 1 aliphatic rings. The van der Waals surface area contributed by atoms with Gasteiger partial charge in [-0.1, -0.05) is 12.1 Å². The second kappa shape index (κ2) is 8.28. The van der Waals surface area contributed by atoms with Gasteiger partial charge in [0.25, 0.3) is 5.91 Å². The summed E-state index contributed by atoms with van der Waals surface area (Å²) in [6.45, 7) is 5.22. The standard InChI is InChI=1S/C20H23N5O2/c26-20(22-6-2-8-25-9-11-27-12-10-25)16-4-1-3-15(13-16)18-17-5-7-21-19(17)24-14-23-18/h1,3-5,7,13-14H,2,6,8-12H2,(H,22,26)(H,21,23,24)/p+1. The fraction of sp³-hybridized carbons (Fsp3) is 0.350. The van der Waals surface area contributed by atoms with Crippen LogP contribution in [-0.2, 0) is 4.74 Å². The van der Waals surface area contributed by atoms with Crippen molar-refractivity contribution in [2.24, 2.45) is 0 Å². The molecular formula is C20H24N5O2+. The lowest BCUT2D eigenvalue weighted by molar-refractivity contribution is -0.352. The number of aromatic nitrogens is 3. The van der Waals surface area contributed by atoms with Crippen molar-refractivity contribution in [2.45, 2.75) is 6.42 Å². The highest BCUT2D eigenvalue weighted by atomic mass is 16.5. The van der Waals surface area contributed by atoms with Crippen LogP contribution in [0.1, 0.15) is 16.8 Å². The van der Waals surface area contributed by atoms with Gasteiger partial charge in [0, 0.05) is 30.8 Å². The molecule has 0 bridgehead atoms. The molecule has 1 saturated heterocycles. The summed E-state index contributed by atoms with van der Waals surface area (Å²) in [5.41, 5.74) is 3.34. The smallest absolute Gasteiger partial charge is 0.251 e. The minimum Gasteiger partial charge on any atom is -0.379 e. The molecule has 2 aromatic heterocycles. The fourth-order valence-electron chi connectivity index (χ4n) is 3.39. The van der Waals surface area contributed by atoms with Crippen molar-refractivity contribution in [3.63, 3.8) is 0 Å². The van der Waals surface area contributed by atoms with Crippen LogP contribution in [-0.4, -0.2) is 60.2 Å². The summed E-state index contributed by atoms with van der Waals surface area (Å²) in [7, 11) is 0. The lowest BCUT2D eigenvalue weighted by Crippen LogP contribution is -2.38. The zero-order chi connectivity index (χ0) is 18.5. The van der Waals surface area contributed by atoms with Crippen LogP contribution in [0.5, 0.6) is 0 Å². The van der Waals surface area contributed by atoms with Crippen molar-refractivity contribution in [3.8, 4) is 11.3 Å². The zero-order valence-electron chi connectivity index (χ0n) is 15.2. The number of carbonyl (C=O) groups excluding carboxylic acids is 1. The third-order valence-electron chi connectivity index (χ3n) is 4.84. The van der Waals surface area contributed by atoms with E-state index in [1.54, 1.807) is 6.33 Å². The van der Waals surface area contributed by atoms with Crippen molar-refractivity contribution in [1.82, 2.24) is 20.2 Å². The van der Waals surface area contributed by atoms with E-state index in [4.69, 9.17) is 4.74 Å². The number of carbonyl (C=O) groups is 1. The van der Waals surface area contributed by atoms with E-state index in [0.717, 1.165) is 61.6 Å². The van der Waals surface area contributed by atoms with Crippen LogP contribution < -0.4 is 10.3 Å². The summed E-state index contributed by atoms with van der Waals surface area (Å²) in [5, 5.41) is 4.02. The van der Waals surface area contributed by atoms with E-state index in [9.17, 15) is 4.79 Å². The molecule has 140 valence electrons. The first-order chi connectivity index (χ1) is 13.3. The Hall–Kier alpha value is -2.77. The largest absolute Gasteiger partial charge is 0.379 e. The van der Waals surface area contributed by atoms with Gasteiger partial charge in [0.15, 0.2) is 5.69 Å². The number of nitrogens with one attached hydrogen (secondary N) is 3. The van der Waals surface area contributed by atoms with Crippen molar-refractivity contribution in [1.29, 1.82) is 0 Å². The molecule has 0 atom stereocenters. The first kappa shape index (κ1) is 17.6. The number of benzene rings is 1. The average Bonchev–Trinajstić information content (AvgIpc) is 3.21. The summed E-state index contributed by atoms with van der Waals surface area (Å²) in [6.07, 6.45) is 4.47. The van der Waals surface area contributed by atoms with Crippen molar-refractivity contribution in [3.05, 3.63) is 48.4 Å². The Balaban J connectivity index is 1.38. The van der Waals surface area contributed by atoms with E-state index in [1.165, 1.54) is 0 Å². The zero-order valence-corrected chi connectivity index (χ0v) is 15.2. The SMILES string of the molecule is O=C(NCCCN1CCOCC1)c1cccc(-c2nc[nH+]c3[nH]ccc23)c1. The number of morpholine rings is 1. The maximum absolute atomic E-state index is 12.5. The van der Waals surface area contributed by atoms with Gasteiger partial charge in [0.05, 0.1) is 24.8 Å². The molecule has 3 N–H and O–H groups in total. The number of hydrogen-bond donors (Lipinski definition) is 2. The molecular weight excluding hydrogens is 342 g/mol. The van der Waals surface area contributed by atoms with Crippen molar-refractivity contribution >= 4 is 16.9 Å². The van der Waals surface area contributed by atoms with Crippen LogP contribution in [0.2, 0.25) is 0 Å². The number of H-pyrrole nitrogens is 2. The molecule has 7 heteroatoms. The summed E-state index contributed by atoms with van der Waals surface area (Å²) in [5.74, 6) is -0.0494. The van der Waals surface area contributed by atoms with Crippen LogP contribution in [0, 0.1) is 0 Å². The monoisotopic (exact) mass is 366 g/mol. The molecule has 1 amide bonds. The fourth-order valence-corrected chi connectivity index (χ4v) is 3.39. The van der Waals surface area contributed by atoms with Crippen LogP contribution in [0.15, 0.2) is 42.9 Å². The Morgan fingerprint density at radius 2 is 2.19 bits per heavy atom. The first-order valence-electron chi connectivity index (χ1n) is 9.34. The average molecular weight is 366 g/mol. The van der Waals surface area contributed by atoms with E-state index in [0.29, 0.717) is 12.1 Å². The van der Waals surface area contributed by atoms with Crippen LogP contribution in [0.3, 0.4) is 0 Å². The molecule has 3 aromatic rings. The lowest BCUT2D eigenvalue weighted by atomic mass is 10.1. The van der Waals surface area contributed by atoms with Gasteiger partial charge in [-0.15, -0.1) is 4.98 Å². The van der Waals surface area contributed by atoms with Crippen LogP contribution in [0.25, 0.3) is 22.3 Å². The molecule has 4 rings (SSSR count). The lowest BCUT2D eigenvalue weighted by Gasteiger charge is -2.26. The second-order valence-electron chi connectivity index (χ2n) is 6.66. The molecule has 1 fully saturated rings. The Kier molecular flexibility index (Phi) is 5.41. The van der Waals surface area contributed by atoms with Gasteiger partial charge in [-0.2, -0.15) is 0 Å². The highest BCUT2D eigenvalue weighted by Crippen LogP contribution is 2.24. The number of fused-ring (bicyclic) bond motifs is 1. The molecule has 0 spiro atoms. The number of nitrogens with zero attached hydrogens (tertiary/aromatic N) is 2. The molecule has 1 aliphatic heterocycles.